The second kappa shape index (κ2) is 8.64. The van der Waals surface area contributed by atoms with Crippen molar-refractivity contribution in [3.05, 3.63) is 63.5 Å². The smallest absolute Gasteiger partial charge is 0.339 e. The normalized spacial score (nSPS) is 15.1. The van der Waals surface area contributed by atoms with Gasteiger partial charge in [0, 0.05) is 16.8 Å². The summed E-state index contributed by atoms with van der Waals surface area (Å²) in [5.41, 5.74) is 0.639. The molecule has 1 fully saturated rings. The van der Waals surface area contributed by atoms with E-state index in [-0.39, 0.29) is 22.1 Å². The first kappa shape index (κ1) is 20.8. The minimum atomic E-state index is -1.29. The summed E-state index contributed by atoms with van der Waals surface area (Å²) >= 11 is 12.2. The molecule has 0 unspecified atom stereocenters. The number of thioether (sulfide) groups is 1. The van der Waals surface area contributed by atoms with E-state index in [0.717, 1.165) is 28.3 Å². The van der Waals surface area contributed by atoms with Gasteiger partial charge in [0.1, 0.15) is 22.2 Å². The Morgan fingerprint density at radius 1 is 1.24 bits per heavy atom. The molecule has 3 N–H and O–H groups in total. The fraction of sp³-hybridized carbons (Fsp3) is 0.0526. The van der Waals surface area contributed by atoms with Gasteiger partial charge in [-0.1, -0.05) is 47.7 Å². The molecule has 0 saturated carbocycles. The van der Waals surface area contributed by atoms with Gasteiger partial charge in [0.05, 0.1) is 4.91 Å². The lowest BCUT2D eigenvalue weighted by molar-refractivity contribution is -0.126. The van der Waals surface area contributed by atoms with Gasteiger partial charge in [-0.3, -0.25) is 14.5 Å². The van der Waals surface area contributed by atoms with E-state index < -0.39 is 23.5 Å². The second-order valence-electron chi connectivity index (χ2n) is 5.91. The standard InChI is InChI=1S/C19H13ClN2O5S2/c20-11-3-1-2-10(6-11)7-15-17(25)22(19(28)29-15)9-16(24)21-12-4-5-13(18(26)27)14(23)8-12/h1-8,23H,9H2,(H,21,24)(H,26,27)/b15-7-. The Morgan fingerprint density at radius 2 is 2.00 bits per heavy atom. The van der Waals surface area contributed by atoms with E-state index >= 15 is 0 Å². The Kier molecular flexibility index (Phi) is 6.21. The van der Waals surface area contributed by atoms with Crippen LogP contribution in [0.1, 0.15) is 15.9 Å². The van der Waals surface area contributed by atoms with Crippen LogP contribution in [0.25, 0.3) is 6.08 Å². The number of carboxylic acid groups (broad SMARTS) is 1. The van der Waals surface area contributed by atoms with Gasteiger partial charge in [0.2, 0.25) is 5.91 Å². The zero-order valence-electron chi connectivity index (χ0n) is 14.6. The van der Waals surface area contributed by atoms with Crippen molar-refractivity contribution in [2.45, 2.75) is 0 Å². The Labute approximate surface area is 180 Å². The number of nitrogens with zero attached hydrogens (tertiary/aromatic N) is 1. The van der Waals surface area contributed by atoms with Crippen LogP contribution in [-0.4, -0.2) is 43.8 Å². The third-order valence-electron chi connectivity index (χ3n) is 3.83. The predicted octanol–water partition coefficient (Wildman–Crippen LogP) is 3.58. The number of benzene rings is 2. The van der Waals surface area contributed by atoms with Crippen molar-refractivity contribution in [3.63, 3.8) is 0 Å². The van der Waals surface area contributed by atoms with Crippen molar-refractivity contribution in [1.29, 1.82) is 0 Å². The van der Waals surface area contributed by atoms with Crippen LogP contribution in [0.2, 0.25) is 5.02 Å². The van der Waals surface area contributed by atoms with Crippen LogP contribution in [-0.2, 0) is 9.59 Å². The molecular formula is C19H13ClN2O5S2. The maximum atomic E-state index is 12.6. The molecule has 0 bridgehead atoms. The summed E-state index contributed by atoms with van der Waals surface area (Å²) in [4.78, 5) is 37.3. The van der Waals surface area contributed by atoms with Gasteiger partial charge in [0.25, 0.3) is 5.91 Å². The molecule has 0 aromatic heterocycles. The third-order valence-corrected chi connectivity index (χ3v) is 5.45. The van der Waals surface area contributed by atoms with Crippen molar-refractivity contribution in [3.8, 4) is 5.75 Å². The van der Waals surface area contributed by atoms with Crippen molar-refractivity contribution in [2.24, 2.45) is 0 Å². The first-order chi connectivity index (χ1) is 13.7. The summed E-state index contributed by atoms with van der Waals surface area (Å²) in [5, 5.41) is 21.6. The summed E-state index contributed by atoms with van der Waals surface area (Å²) in [6.45, 7) is -0.320. The van der Waals surface area contributed by atoms with Crippen LogP contribution in [0.3, 0.4) is 0 Å². The number of carboxylic acids is 1. The number of aromatic carboxylic acids is 1. The van der Waals surface area contributed by atoms with Crippen molar-refractivity contribution >= 4 is 69.4 Å². The van der Waals surface area contributed by atoms with Crippen LogP contribution < -0.4 is 5.32 Å². The molecule has 2 aromatic rings. The van der Waals surface area contributed by atoms with E-state index in [0.29, 0.717) is 9.93 Å². The summed E-state index contributed by atoms with van der Waals surface area (Å²) in [6, 6.07) is 10.6. The number of rotatable bonds is 5. The number of carbonyl (C=O) groups is 3. The monoisotopic (exact) mass is 448 g/mol. The molecule has 1 saturated heterocycles. The number of phenols is 1. The molecule has 1 aliphatic heterocycles. The lowest BCUT2D eigenvalue weighted by Gasteiger charge is -2.14. The minimum Gasteiger partial charge on any atom is -0.507 e. The number of hydrogen-bond donors (Lipinski definition) is 3. The van der Waals surface area contributed by atoms with Gasteiger partial charge >= 0.3 is 5.97 Å². The number of halogens is 1. The quantitative estimate of drug-likeness (QED) is 0.474. The van der Waals surface area contributed by atoms with Crippen LogP contribution >= 0.6 is 35.6 Å². The fourth-order valence-electron chi connectivity index (χ4n) is 2.52. The van der Waals surface area contributed by atoms with Gasteiger partial charge < -0.3 is 15.5 Å². The lowest BCUT2D eigenvalue weighted by atomic mass is 10.2. The Hall–Kier alpha value is -2.88. The molecule has 148 valence electrons. The zero-order chi connectivity index (χ0) is 21.1. The van der Waals surface area contributed by atoms with E-state index in [9.17, 15) is 19.5 Å². The number of carbonyl (C=O) groups excluding carboxylic acids is 2. The molecule has 0 radical (unpaired) electrons. The largest absolute Gasteiger partial charge is 0.507 e. The van der Waals surface area contributed by atoms with E-state index in [2.05, 4.69) is 5.32 Å². The van der Waals surface area contributed by atoms with Gasteiger partial charge in [-0.05, 0) is 35.9 Å². The highest BCUT2D eigenvalue weighted by Crippen LogP contribution is 2.32. The van der Waals surface area contributed by atoms with E-state index in [1.165, 1.54) is 12.1 Å². The van der Waals surface area contributed by atoms with Crippen LogP contribution in [0.4, 0.5) is 5.69 Å². The molecule has 0 aliphatic carbocycles. The molecule has 0 spiro atoms. The summed E-state index contributed by atoms with van der Waals surface area (Å²) in [7, 11) is 0. The van der Waals surface area contributed by atoms with Gasteiger partial charge in [-0.25, -0.2) is 4.79 Å². The SMILES string of the molecule is O=C(CN1C(=O)/C(=C/c2cccc(Cl)c2)SC1=S)Nc1ccc(C(=O)O)c(O)c1. The number of hydrogen-bond acceptors (Lipinski definition) is 6. The van der Waals surface area contributed by atoms with Crippen molar-refractivity contribution in [1.82, 2.24) is 4.90 Å². The molecule has 29 heavy (non-hydrogen) atoms. The molecule has 3 rings (SSSR count). The molecule has 2 amide bonds. The maximum Gasteiger partial charge on any atom is 0.339 e. The number of nitrogens with one attached hydrogen (secondary N) is 1. The summed E-state index contributed by atoms with van der Waals surface area (Å²) in [6.07, 6.45) is 1.64. The molecule has 0 atom stereocenters. The number of aromatic hydroxyl groups is 1. The van der Waals surface area contributed by atoms with Gasteiger partial charge in [-0.2, -0.15) is 0 Å². The first-order valence-electron chi connectivity index (χ1n) is 8.11. The summed E-state index contributed by atoms with van der Waals surface area (Å²) in [5.74, 6) is -2.72. The predicted molar refractivity (Wildman–Crippen MR) is 115 cm³/mol. The highest BCUT2D eigenvalue weighted by atomic mass is 35.5. The van der Waals surface area contributed by atoms with E-state index in [1.807, 2.05) is 0 Å². The molecule has 1 aliphatic rings. The minimum absolute atomic E-state index is 0.192. The third kappa shape index (κ3) is 4.94. The van der Waals surface area contributed by atoms with Crippen LogP contribution in [0.5, 0.6) is 5.75 Å². The zero-order valence-corrected chi connectivity index (χ0v) is 17.0. The summed E-state index contributed by atoms with van der Waals surface area (Å²) < 4.78 is 0.238. The Bertz CT molecular complexity index is 1070. The lowest BCUT2D eigenvalue weighted by Crippen LogP contribution is -2.36. The maximum absolute atomic E-state index is 12.6. The molecule has 7 nitrogen and oxygen atoms in total. The molecule has 10 heteroatoms. The van der Waals surface area contributed by atoms with Crippen molar-refractivity contribution in [2.75, 3.05) is 11.9 Å². The fourth-order valence-corrected chi connectivity index (χ4v) is 3.97. The Morgan fingerprint density at radius 3 is 2.66 bits per heavy atom. The number of anilines is 1. The average Bonchev–Trinajstić information content (AvgIpc) is 2.89. The van der Waals surface area contributed by atoms with E-state index in [1.54, 1.807) is 30.3 Å². The Balaban J connectivity index is 1.69. The molecule has 2 aromatic carbocycles. The highest BCUT2D eigenvalue weighted by molar-refractivity contribution is 8.26. The number of amides is 2. The van der Waals surface area contributed by atoms with Crippen LogP contribution in [0.15, 0.2) is 47.4 Å². The first-order valence-corrected chi connectivity index (χ1v) is 9.72. The van der Waals surface area contributed by atoms with Gasteiger partial charge in [-0.15, -0.1) is 0 Å². The topological polar surface area (TPSA) is 107 Å². The molecule has 1 heterocycles. The van der Waals surface area contributed by atoms with Gasteiger partial charge in [0.15, 0.2) is 0 Å². The average molecular weight is 449 g/mol. The van der Waals surface area contributed by atoms with Crippen molar-refractivity contribution < 1.29 is 24.6 Å². The molecular weight excluding hydrogens is 436 g/mol. The number of thiocarbonyl (C=S) groups is 1. The highest BCUT2D eigenvalue weighted by Gasteiger charge is 2.33. The van der Waals surface area contributed by atoms with E-state index in [4.69, 9.17) is 28.9 Å². The second-order valence-corrected chi connectivity index (χ2v) is 8.02. The van der Waals surface area contributed by atoms with Crippen LogP contribution in [0, 0.1) is 0 Å².